The van der Waals surface area contributed by atoms with E-state index in [2.05, 4.69) is 4.90 Å². The van der Waals surface area contributed by atoms with Crippen molar-refractivity contribution in [1.29, 1.82) is 0 Å². The lowest BCUT2D eigenvalue weighted by atomic mass is 10.1. The van der Waals surface area contributed by atoms with Gasteiger partial charge in [-0.05, 0) is 31.4 Å². The Labute approximate surface area is 88.9 Å². The normalized spacial score (nSPS) is 27.9. The van der Waals surface area contributed by atoms with Crippen LogP contribution in [-0.2, 0) is 4.79 Å². The summed E-state index contributed by atoms with van der Waals surface area (Å²) in [5, 5.41) is 8.84. The van der Waals surface area contributed by atoms with Crippen LogP contribution in [0.5, 0.6) is 0 Å². The molecule has 1 saturated carbocycles. The highest BCUT2D eigenvalue weighted by Crippen LogP contribution is 2.32. The first-order chi connectivity index (χ1) is 6.77. The van der Waals surface area contributed by atoms with Crippen LogP contribution in [0.15, 0.2) is 0 Å². The molecule has 1 unspecified atom stereocenters. The highest BCUT2D eigenvalue weighted by Gasteiger charge is 2.35. The Morgan fingerprint density at radius 2 is 2.14 bits per heavy atom. The summed E-state index contributed by atoms with van der Waals surface area (Å²) in [6.45, 7) is 0.246. The number of thioether (sulfide) groups is 1. The minimum Gasteiger partial charge on any atom is -0.480 e. The Balaban J connectivity index is 1.90. The molecule has 1 aliphatic heterocycles. The first kappa shape index (κ1) is 10.3. The lowest BCUT2D eigenvalue weighted by Gasteiger charge is -2.32. The van der Waals surface area contributed by atoms with E-state index in [-0.39, 0.29) is 6.54 Å². The van der Waals surface area contributed by atoms with Crippen LogP contribution < -0.4 is 0 Å². The smallest absolute Gasteiger partial charge is 0.317 e. The van der Waals surface area contributed by atoms with Gasteiger partial charge in [0.25, 0.3) is 0 Å². The number of rotatable bonds is 4. The Morgan fingerprint density at radius 3 is 2.64 bits per heavy atom. The fourth-order valence-corrected chi connectivity index (χ4v) is 3.27. The molecular weight excluding hydrogens is 198 g/mol. The van der Waals surface area contributed by atoms with E-state index in [9.17, 15) is 4.79 Å². The summed E-state index contributed by atoms with van der Waals surface area (Å²) in [5.74, 6) is 1.71. The van der Waals surface area contributed by atoms with Gasteiger partial charge >= 0.3 is 5.97 Å². The van der Waals surface area contributed by atoms with Crippen molar-refractivity contribution in [3.63, 3.8) is 0 Å². The van der Waals surface area contributed by atoms with Crippen molar-refractivity contribution in [2.75, 3.05) is 18.1 Å². The van der Waals surface area contributed by atoms with Gasteiger partial charge < -0.3 is 5.11 Å². The average Bonchev–Trinajstić information content (AvgIpc) is 2.99. The molecule has 0 radical (unpaired) electrons. The third-order valence-electron chi connectivity index (χ3n) is 2.94. The zero-order valence-electron chi connectivity index (χ0n) is 8.32. The van der Waals surface area contributed by atoms with E-state index in [1.54, 1.807) is 0 Å². The molecule has 0 amide bonds. The van der Waals surface area contributed by atoms with Crippen molar-refractivity contribution in [1.82, 2.24) is 4.90 Å². The van der Waals surface area contributed by atoms with Crippen molar-refractivity contribution < 1.29 is 9.90 Å². The van der Waals surface area contributed by atoms with Crippen LogP contribution in [0, 0.1) is 0 Å². The number of hydrogen-bond acceptors (Lipinski definition) is 3. The number of aliphatic carboxylic acids is 1. The van der Waals surface area contributed by atoms with Crippen LogP contribution in [0.25, 0.3) is 0 Å². The summed E-state index contributed by atoms with van der Waals surface area (Å²) in [4.78, 5) is 13.0. The second-order valence-corrected chi connectivity index (χ2v) is 5.32. The van der Waals surface area contributed by atoms with E-state index in [0.717, 1.165) is 5.75 Å². The third-order valence-corrected chi connectivity index (χ3v) is 4.14. The van der Waals surface area contributed by atoms with Crippen molar-refractivity contribution in [3.8, 4) is 0 Å². The molecular formula is C10H17NO2S. The molecule has 80 valence electrons. The summed E-state index contributed by atoms with van der Waals surface area (Å²) in [6.07, 6.45) is 4.85. The summed E-state index contributed by atoms with van der Waals surface area (Å²) in [6, 6.07) is 1.10. The predicted octanol–water partition coefficient (Wildman–Crippen LogP) is 1.43. The van der Waals surface area contributed by atoms with Gasteiger partial charge in [0.1, 0.15) is 0 Å². The van der Waals surface area contributed by atoms with Gasteiger partial charge in [-0.25, -0.2) is 0 Å². The molecule has 2 fully saturated rings. The molecule has 0 bridgehead atoms. The van der Waals surface area contributed by atoms with Gasteiger partial charge in [0, 0.05) is 17.8 Å². The maximum absolute atomic E-state index is 10.7. The van der Waals surface area contributed by atoms with Crippen LogP contribution >= 0.6 is 11.8 Å². The van der Waals surface area contributed by atoms with Crippen LogP contribution in [0.2, 0.25) is 0 Å². The Kier molecular flexibility index (Phi) is 3.34. The predicted molar refractivity (Wildman–Crippen MR) is 57.7 cm³/mol. The molecule has 4 heteroatoms. The van der Waals surface area contributed by atoms with Gasteiger partial charge in [0.05, 0.1) is 6.54 Å². The lowest BCUT2D eigenvalue weighted by molar-refractivity contribution is -0.139. The minimum absolute atomic E-state index is 0.246. The van der Waals surface area contributed by atoms with E-state index >= 15 is 0 Å². The van der Waals surface area contributed by atoms with E-state index in [4.69, 9.17) is 5.11 Å². The first-order valence-electron chi connectivity index (χ1n) is 5.32. The highest BCUT2D eigenvalue weighted by molar-refractivity contribution is 7.99. The molecule has 0 aromatic heterocycles. The van der Waals surface area contributed by atoms with Crippen LogP contribution in [0.4, 0.5) is 0 Å². The molecule has 2 aliphatic rings. The zero-order valence-corrected chi connectivity index (χ0v) is 9.13. The highest BCUT2D eigenvalue weighted by atomic mass is 32.2. The second-order valence-electron chi connectivity index (χ2n) is 4.17. The van der Waals surface area contributed by atoms with Crippen molar-refractivity contribution >= 4 is 17.7 Å². The molecule has 2 rings (SSSR count). The van der Waals surface area contributed by atoms with Gasteiger partial charge in [0.2, 0.25) is 0 Å². The Bertz CT molecular complexity index is 212. The van der Waals surface area contributed by atoms with Gasteiger partial charge in [0.15, 0.2) is 0 Å². The van der Waals surface area contributed by atoms with Crippen molar-refractivity contribution in [2.45, 2.75) is 37.8 Å². The lowest BCUT2D eigenvalue weighted by Crippen LogP contribution is -2.43. The topological polar surface area (TPSA) is 40.5 Å². The van der Waals surface area contributed by atoms with E-state index in [1.807, 2.05) is 11.8 Å². The number of hydrogen-bond donors (Lipinski definition) is 1. The molecule has 1 heterocycles. The molecule has 1 atom stereocenters. The summed E-state index contributed by atoms with van der Waals surface area (Å²) >= 11 is 1.97. The fraction of sp³-hybridized carbons (Fsp3) is 0.900. The second kappa shape index (κ2) is 4.53. The first-order valence-corrected chi connectivity index (χ1v) is 6.48. The standard InChI is InChI=1S/C10H17NO2S/c12-10(13)6-11(8-3-4-8)9-2-1-5-14-7-9/h8-9H,1-7H2,(H,12,13). The molecule has 0 spiro atoms. The van der Waals surface area contributed by atoms with E-state index in [1.165, 1.54) is 31.4 Å². The number of carboxylic acid groups (broad SMARTS) is 1. The molecule has 1 saturated heterocycles. The average molecular weight is 215 g/mol. The Hall–Kier alpha value is -0.220. The maximum atomic E-state index is 10.7. The number of nitrogens with zero attached hydrogens (tertiary/aromatic N) is 1. The van der Waals surface area contributed by atoms with Crippen LogP contribution in [-0.4, -0.2) is 46.1 Å². The number of carboxylic acids is 1. The van der Waals surface area contributed by atoms with Gasteiger partial charge in [-0.3, -0.25) is 9.69 Å². The fourth-order valence-electron chi connectivity index (χ4n) is 2.10. The zero-order chi connectivity index (χ0) is 9.97. The molecule has 0 aromatic rings. The Morgan fingerprint density at radius 1 is 1.36 bits per heavy atom. The number of carbonyl (C=O) groups is 1. The third kappa shape index (κ3) is 2.64. The summed E-state index contributed by atoms with van der Waals surface area (Å²) in [7, 11) is 0. The summed E-state index contributed by atoms with van der Waals surface area (Å²) < 4.78 is 0. The largest absolute Gasteiger partial charge is 0.480 e. The van der Waals surface area contributed by atoms with Crippen molar-refractivity contribution in [3.05, 3.63) is 0 Å². The monoisotopic (exact) mass is 215 g/mol. The SMILES string of the molecule is O=C(O)CN(C1CC1)C1CCCSC1. The molecule has 1 aliphatic carbocycles. The minimum atomic E-state index is -0.674. The van der Waals surface area contributed by atoms with Gasteiger partial charge in [-0.2, -0.15) is 11.8 Å². The van der Waals surface area contributed by atoms with Crippen LogP contribution in [0.3, 0.4) is 0 Å². The molecule has 14 heavy (non-hydrogen) atoms. The van der Waals surface area contributed by atoms with E-state index in [0.29, 0.717) is 12.1 Å². The van der Waals surface area contributed by atoms with Gasteiger partial charge in [-0.1, -0.05) is 0 Å². The molecule has 1 N–H and O–H groups in total. The molecule has 0 aromatic carbocycles. The van der Waals surface area contributed by atoms with E-state index < -0.39 is 5.97 Å². The quantitative estimate of drug-likeness (QED) is 0.770. The maximum Gasteiger partial charge on any atom is 0.317 e. The molecule has 3 nitrogen and oxygen atoms in total. The van der Waals surface area contributed by atoms with Crippen molar-refractivity contribution in [2.24, 2.45) is 0 Å². The van der Waals surface area contributed by atoms with Crippen LogP contribution in [0.1, 0.15) is 25.7 Å². The van der Waals surface area contributed by atoms with Gasteiger partial charge in [-0.15, -0.1) is 0 Å². The summed E-state index contributed by atoms with van der Waals surface area (Å²) in [5.41, 5.74) is 0.